The summed E-state index contributed by atoms with van der Waals surface area (Å²) in [5, 5.41) is 9.86. The van der Waals surface area contributed by atoms with Crippen LogP contribution in [-0.2, 0) is 0 Å². The Morgan fingerprint density at radius 2 is 2.14 bits per heavy atom. The van der Waals surface area contributed by atoms with Gasteiger partial charge in [0, 0.05) is 5.39 Å². The molecule has 1 aromatic heterocycles. The first-order chi connectivity index (χ1) is 6.72. The van der Waals surface area contributed by atoms with E-state index < -0.39 is 5.63 Å². The maximum Gasteiger partial charge on any atom is 0.347 e. The van der Waals surface area contributed by atoms with Gasteiger partial charge in [-0.1, -0.05) is 12.1 Å². The fourth-order valence-corrected chi connectivity index (χ4v) is 1.23. The van der Waals surface area contributed by atoms with Gasteiger partial charge in [-0.2, -0.15) is 0 Å². The molecule has 14 heavy (non-hydrogen) atoms. The summed E-state index contributed by atoms with van der Waals surface area (Å²) >= 11 is 0. The number of aldehydes is 1. The maximum absolute atomic E-state index is 11.1. The SMILES string of the molecule is O=Cc1cc2cccc(O)c2oc1=O. The van der Waals surface area contributed by atoms with E-state index in [1.54, 1.807) is 12.1 Å². The van der Waals surface area contributed by atoms with E-state index in [9.17, 15) is 14.7 Å². The van der Waals surface area contributed by atoms with E-state index in [4.69, 9.17) is 4.42 Å². The summed E-state index contributed by atoms with van der Waals surface area (Å²) in [4.78, 5) is 21.5. The van der Waals surface area contributed by atoms with E-state index in [1.807, 2.05) is 0 Å². The maximum atomic E-state index is 11.1. The minimum Gasteiger partial charge on any atom is -0.504 e. The smallest absolute Gasteiger partial charge is 0.347 e. The van der Waals surface area contributed by atoms with Crippen LogP contribution in [0.4, 0.5) is 0 Å². The Balaban J connectivity index is 2.93. The van der Waals surface area contributed by atoms with E-state index in [0.717, 1.165) is 0 Å². The molecule has 2 aromatic rings. The fraction of sp³-hybridized carbons (Fsp3) is 0. The van der Waals surface area contributed by atoms with Gasteiger partial charge in [-0.25, -0.2) is 4.79 Å². The molecule has 4 nitrogen and oxygen atoms in total. The summed E-state index contributed by atoms with van der Waals surface area (Å²) in [5.74, 6) is -0.114. The summed E-state index contributed by atoms with van der Waals surface area (Å²) in [6, 6.07) is 6.04. The zero-order chi connectivity index (χ0) is 10.1. The number of phenolic OH excluding ortho intramolecular Hbond substituents is 1. The molecule has 0 amide bonds. The highest BCUT2D eigenvalue weighted by Crippen LogP contribution is 2.22. The van der Waals surface area contributed by atoms with Crippen molar-refractivity contribution in [1.29, 1.82) is 0 Å². The van der Waals surface area contributed by atoms with Gasteiger partial charge in [0.15, 0.2) is 17.6 Å². The van der Waals surface area contributed by atoms with Crippen molar-refractivity contribution in [1.82, 2.24) is 0 Å². The lowest BCUT2D eigenvalue weighted by Crippen LogP contribution is -2.05. The molecule has 0 bridgehead atoms. The molecule has 1 aromatic carbocycles. The van der Waals surface area contributed by atoms with Crippen LogP contribution in [0.15, 0.2) is 33.5 Å². The Morgan fingerprint density at radius 1 is 1.36 bits per heavy atom. The van der Waals surface area contributed by atoms with Gasteiger partial charge in [-0.15, -0.1) is 0 Å². The van der Waals surface area contributed by atoms with E-state index >= 15 is 0 Å². The molecule has 1 heterocycles. The predicted octanol–water partition coefficient (Wildman–Crippen LogP) is 1.31. The van der Waals surface area contributed by atoms with Crippen LogP contribution in [0, 0.1) is 0 Å². The first kappa shape index (κ1) is 8.50. The van der Waals surface area contributed by atoms with E-state index in [1.165, 1.54) is 12.1 Å². The van der Waals surface area contributed by atoms with Crippen LogP contribution < -0.4 is 5.63 Å². The van der Waals surface area contributed by atoms with E-state index in [2.05, 4.69) is 0 Å². The van der Waals surface area contributed by atoms with Crippen molar-refractivity contribution in [3.8, 4) is 5.75 Å². The van der Waals surface area contributed by atoms with Crippen LogP contribution in [0.5, 0.6) is 5.75 Å². The molecule has 0 fully saturated rings. The van der Waals surface area contributed by atoms with Crippen LogP contribution >= 0.6 is 0 Å². The number of phenols is 1. The number of hydrogen-bond donors (Lipinski definition) is 1. The normalized spacial score (nSPS) is 10.3. The van der Waals surface area contributed by atoms with Crippen molar-refractivity contribution in [2.24, 2.45) is 0 Å². The number of aromatic hydroxyl groups is 1. The van der Waals surface area contributed by atoms with Crippen molar-refractivity contribution in [2.45, 2.75) is 0 Å². The second-order valence-corrected chi connectivity index (χ2v) is 2.80. The number of carbonyl (C=O) groups excluding carboxylic acids is 1. The van der Waals surface area contributed by atoms with Gasteiger partial charge in [0.25, 0.3) is 0 Å². The molecule has 0 saturated heterocycles. The summed E-state index contributed by atoms with van der Waals surface area (Å²) in [5.41, 5.74) is -0.694. The van der Waals surface area contributed by atoms with E-state index in [-0.39, 0.29) is 16.9 Å². The van der Waals surface area contributed by atoms with Crippen LogP contribution in [0.1, 0.15) is 10.4 Å². The number of hydrogen-bond acceptors (Lipinski definition) is 4. The second kappa shape index (κ2) is 2.99. The van der Waals surface area contributed by atoms with Gasteiger partial charge in [-0.3, -0.25) is 4.79 Å². The first-order valence-corrected chi connectivity index (χ1v) is 3.93. The topological polar surface area (TPSA) is 67.5 Å². The zero-order valence-electron chi connectivity index (χ0n) is 7.06. The Kier molecular flexibility index (Phi) is 1.81. The number of fused-ring (bicyclic) bond motifs is 1. The fourth-order valence-electron chi connectivity index (χ4n) is 1.23. The van der Waals surface area contributed by atoms with Gasteiger partial charge in [0.05, 0.1) is 0 Å². The van der Waals surface area contributed by atoms with Crippen molar-refractivity contribution in [3.05, 3.63) is 40.2 Å². The Morgan fingerprint density at radius 3 is 2.86 bits per heavy atom. The van der Waals surface area contributed by atoms with Crippen molar-refractivity contribution >= 4 is 17.3 Å². The van der Waals surface area contributed by atoms with Crippen LogP contribution in [0.3, 0.4) is 0 Å². The molecule has 0 aliphatic rings. The minimum absolute atomic E-state index is 0.0527. The number of para-hydroxylation sites is 1. The molecule has 0 radical (unpaired) electrons. The molecule has 1 N–H and O–H groups in total. The average Bonchev–Trinajstić information content (AvgIpc) is 2.19. The minimum atomic E-state index is -0.742. The highest BCUT2D eigenvalue weighted by molar-refractivity contribution is 5.87. The highest BCUT2D eigenvalue weighted by atomic mass is 16.4. The van der Waals surface area contributed by atoms with Crippen molar-refractivity contribution < 1.29 is 14.3 Å². The lowest BCUT2D eigenvalue weighted by atomic mass is 10.2. The molecule has 0 aliphatic carbocycles. The summed E-state index contributed by atoms with van der Waals surface area (Å²) < 4.78 is 4.78. The molecule has 0 saturated carbocycles. The third-order valence-electron chi connectivity index (χ3n) is 1.89. The molecule has 0 unspecified atom stereocenters. The molecule has 4 heteroatoms. The van der Waals surface area contributed by atoms with Crippen molar-refractivity contribution in [2.75, 3.05) is 0 Å². The van der Waals surface area contributed by atoms with Crippen molar-refractivity contribution in [3.63, 3.8) is 0 Å². The van der Waals surface area contributed by atoms with E-state index in [0.29, 0.717) is 11.7 Å². The van der Waals surface area contributed by atoms with Crippen LogP contribution in [0.25, 0.3) is 11.0 Å². The average molecular weight is 190 g/mol. The lowest BCUT2D eigenvalue weighted by molar-refractivity contribution is 0.112. The zero-order valence-corrected chi connectivity index (χ0v) is 7.06. The van der Waals surface area contributed by atoms with Crippen LogP contribution in [0.2, 0.25) is 0 Å². The Hall–Kier alpha value is -2.10. The molecule has 0 aliphatic heterocycles. The molecule has 0 atom stereocenters. The second-order valence-electron chi connectivity index (χ2n) is 2.80. The number of carbonyl (C=O) groups is 1. The third kappa shape index (κ3) is 1.17. The van der Waals surface area contributed by atoms with Gasteiger partial charge in [0.1, 0.15) is 5.56 Å². The number of benzene rings is 1. The van der Waals surface area contributed by atoms with Gasteiger partial charge < -0.3 is 9.52 Å². The highest BCUT2D eigenvalue weighted by Gasteiger charge is 2.06. The molecular weight excluding hydrogens is 184 g/mol. The first-order valence-electron chi connectivity index (χ1n) is 3.93. The van der Waals surface area contributed by atoms with Gasteiger partial charge >= 0.3 is 5.63 Å². The summed E-state index contributed by atoms with van der Waals surface area (Å²) in [6.07, 6.45) is 0.426. The monoisotopic (exact) mass is 190 g/mol. The Bertz CT molecular complexity index is 554. The Labute approximate surface area is 78.4 Å². The summed E-state index contributed by atoms with van der Waals surface area (Å²) in [6.45, 7) is 0. The van der Waals surface area contributed by atoms with Gasteiger partial charge in [-0.05, 0) is 12.1 Å². The molecular formula is C10H6O4. The number of rotatable bonds is 1. The summed E-state index contributed by atoms with van der Waals surface area (Å²) in [7, 11) is 0. The largest absolute Gasteiger partial charge is 0.504 e. The van der Waals surface area contributed by atoms with Gasteiger partial charge in [0.2, 0.25) is 0 Å². The lowest BCUT2D eigenvalue weighted by Gasteiger charge is -1.98. The predicted molar refractivity (Wildman–Crippen MR) is 49.5 cm³/mol. The quantitative estimate of drug-likeness (QED) is 0.543. The molecule has 0 spiro atoms. The molecule has 70 valence electrons. The standard InChI is InChI=1S/C10H6O4/c11-5-7-4-6-2-1-3-8(12)9(6)14-10(7)13/h1-5,12H. The third-order valence-corrected chi connectivity index (χ3v) is 1.89. The molecule has 2 rings (SSSR count). The van der Waals surface area contributed by atoms with Crippen LogP contribution in [-0.4, -0.2) is 11.4 Å².